The van der Waals surface area contributed by atoms with Crippen molar-refractivity contribution in [2.75, 3.05) is 32.9 Å². The number of amides is 1. The lowest BCUT2D eigenvalue weighted by molar-refractivity contribution is -0.128. The first-order valence-electron chi connectivity index (χ1n) is 9.75. The van der Waals surface area contributed by atoms with Crippen LogP contribution in [-0.2, 0) is 4.79 Å². The van der Waals surface area contributed by atoms with Crippen LogP contribution in [0.25, 0.3) is 5.69 Å². The van der Waals surface area contributed by atoms with Crippen molar-refractivity contribution in [1.29, 1.82) is 0 Å². The minimum absolute atomic E-state index is 0.0823. The normalized spacial score (nSPS) is 16.2. The molecule has 8 heteroatoms. The lowest BCUT2D eigenvalue weighted by Crippen LogP contribution is -2.33. The standard InChI is InChI=1S/C20H28ClN5OS/c1-15(24(2)3)19-22-23-20(26(19)17-10-8-16(21)9-11-17)28-14-18(27)25-12-6-4-5-7-13-25/h8-11,15H,4-7,12-14H2,1-3H3/t15-/m0/s1. The molecule has 152 valence electrons. The Balaban J connectivity index is 1.82. The van der Waals surface area contributed by atoms with Gasteiger partial charge in [0.25, 0.3) is 0 Å². The number of halogens is 1. The van der Waals surface area contributed by atoms with Crippen LogP contribution < -0.4 is 0 Å². The summed E-state index contributed by atoms with van der Waals surface area (Å²) in [6.45, 7) is 3.83. The van der Waals surface area contributed by atoms with Crippen LogP contribution in [0.15, 0.2) is 29.4 Å². The Morgan fingerprint density at radius 2 is 1.79 bits per heavy atom. The minimum Gasteiger partial charge on any atom is -0.342 e. The lowest BCUT2D eigenvalue weighted by Gasteiger charge is -2.21. The number of hydrogen-bond acceptors (Lipinski definition) is 5. The maximum Gasteiger partial charge on any atom is 0.233 e. The van der Waals surface area contributed by atoms with Gasteiger partial charge in [-0.05, 0) is 58.1 Å². The molecular weight excluding hydrogens is 394 g/mol. The molecule has 1 atom stereocenters. The SMILES string of the molecule is C[C@@H](c1nnc(SCC(=O)N2CCCCCC2)n1-c1ccc(Cl)cc1)N(C)C. The van der Waals surface area contributed by atoms with E-state index in [9.17, 15) is 4.79 Å². The Morgan fingerprint density at radius 1 is 1.14 bits per heavy atom. The van der Waals surface area contributed by atoms with Crippen LogP contribution in [-0.4, -0.2) is 63.4 Å². The van der Waals surface area contributed by atoms with Crippen LogP contribution in [0, 0.1) is 0 Å². The first-order chi connectivity index (χ1) is 13.5. The molecule has 1 aliphatic heterocycles. The zero-order valence-electron chi connectivity index (χ0n) is 16.8. The van der Waals surface area contributed by atoms with Crippen LogP contribution in [0.2, 0.25) is 5.02 Å². The van der Waals surface area contributed by atoms with Gasteiger partial charge in [0.2, 0.25) is 5.91 Å². The summed E-state index contributed by atoms with van der Waals surface area (Å²) in [5.74, 6) is 1.40. The van der Waals surface area contributed by atoms with Crippen LogP contribution in [0.1, 0.15) is 44.5 Å². The predicted octanol–water partition coefficient (Wildman–Crippen LogP) is 4.04. The van der Waals surface area contributed by atoms with Gasteiger partial charge in [-0.3, -0.25) is 14.3 Å². The van der Waals surface area contributed by atoms with Crippen LogP contribution in [0.4, 0.5) is 0 Å². The Morgan fingerprint density at radius 3 is 2.39 bits per heavy atom. The van der Waals surface area contributed by atoms with Crippen LogP contribution in [0.3, 0.4) is 0 Å². The van der Waals surface area contributed by atoms with E-state index in [1.807, 2.05) is 47.8 Å². The second kappa shape index (κ2) is 9.76. The summed E-state index contributed by atoms with van der Waals surface area (Å²) in [7, 11) is 4.03. The first kappa shape index (κ1) is 21.1. The zero-order valence-corrected chi connectivity index (χ0v) is 18.3. The highest BCUT2D eigenvalue weighted by atomic mass is 35.5. The molecule has 1 aliphatic rings. The fraction of sp³-hybridized carbons (Fsp3) is 0.550. The number of aromatic nitrogens is 3. The largest absolute Gasteiger partial charge is 0.342 e. The molecule has 0 N–H and O–H groups in total. The van der Waals surface area contributed by atoms with E-state index in [1.54, 1.807) is 0 Å². The monoisotopic (exact) mass is 421 g/mol. The van der Waals surface area contributed by atoms with Gasteiger partial charge in [-0.2, -0.15) is 0 Å². The summed E-state index contributed by atoms with van der Waals surface area (Å²) >= 11 is 7.51. The van der Waals surface area contributed by atoms with Crippen LogP contribution in [0.5, 0.6) is 0 Å². The zero-order chi connectivity index (χ0) is 20.1. The van der Waals surface area contributed by atoms with E-state index in [0.29, 0.717) is 10.8 Å². The van der Waals surface area contributed by atoms with Gasteiger partial charge in [-0.15, -0.1) is 10.2 Å². The number of carbonyl (C=O) groups excluding carboxylic acids is 1. The van der Waals surface area contributed by atoms with Crippen molar-refractivity contribution in [3.8, 4) is 5.69 Å². The number of carbonyl (C=O) groups is 1. The second-order valence-corrected chi connectivity index (χ2v) is 8.75. The van der Waals surface area contributed by atoms with Crippen LogP contribution >= 0.6 is 23.4 Å². The molecule has 0 aliphatic carbocycles. The third kappa shape index (κ3) is 5.07. The summed E-state index contributed by atoms with van der Waals surface area (Å²) in [6, 6.07) is 7.71. The lowest BCUT2D eigenvalue weighted by atomic mass is 10.2. The molecule has 3 rings (SSSR count). The molecule has 1 aromatic heterocycles. The van der Waals surface area contributed by atoms with E-state index in [2.05, 4.69) is 22.0 Å². The minimum atomic E-state index is 0.0823. The van der Waals surface area contributed by atoms with Gasteiger partial charge in [-0.25, -0.2) is 0 Å². The van der Waals surface area contributed by atoms with E-state index < -0.39 is 0 Å². The number of likely N-dealkylation sites (tertiary alicyclic amines) is 1. The highest BCUT2D eigenvalue weighted by molar-refractivity contribution is 7.99. The third-order valence-electron chi connectivity index (χ3n) is 5.17. The molecule has 0 spiro atoms. The molecule has 2 heterocycles. The van der Waals surface area contributed by atoms with Crippen molar-refractivity contribution in [1.82, 2.24) is 24.6 Å². The van der Waals surface area contributed by atoms with Gasteiger partial charge < -0.3 is 4.90 Å². The van der Waals surface area contributed by atoms with E-state index >= 15 is 0 Å². The number of thioether (sulfide) groups is 1. The van der Waals surface area contributed by atoms with E-state index in [1.165, 1.54) is 24.6 Å². The molecule has 1 fully saturated rings. The van der Waals surface area contributed by atoms with E-state index in [4.69, 9.17) is 11.6 Å². The van der Waals surface area contributed by atoms with Crippen molar-refractivity contribution < 1.29 is 4.79 Å². The summed E-state index contributed by atoms with van der Waals surface area (Å²) < 4.78 is 2.03. The van der Waals surface area contributed by atoms with Gasteiger partial charge in [0.15, 0.2) is 11.0 Å². The molecule has 28 heavy (non-hydrogen) atoms. The van der Waals surface area contributed by atoms with Crippen molar-refractivity contribution in [2.45, 2.75) is 43.8 Å². The Labute approximate surface area is 176 Å². The molecule has 0 unspecified atom stereocenters. The third-order valence-corrected chi connectivity index (χ3v) is 6.34. The maximum atomic E-state index is 12.7. The molecule has 6 nitrogen and oxygen atoms in total. The van der Waals surface area contributed by atoms with Gasteiger partial charge in [0, 0.05) is 23.8 Å². The summed E-state index contributed by atoms with van der Waals surface area (Å²) in [6.07, 6.45) is 4.63. The Bertz CT molecular complexity index is 784. The quantitative estimate of drug-likeness (QED) is 0.659. The maximum absolute atomic E-state index is 12.7. The van der Waals surface area contributed by atoms with Crippen molar-refractivity contribution in [2.24, 2.45) is 0 Å². The Kier molecular flexibility index (Phi) is 7.37. The van der Waals surface area contributed by atoms with Gasteiger partial charge in [0.05, 0.1) is 11.8 Å². The van der Waals surface area contributed by atoms with E-state index in [0.717, 1.165) is 42.6 Å². The molecule has 0 bridgehead atoms. The fourth-order valence-electron chi connectivity index (χ4n) is 3.25. The highest BCUT2D eigenvalue weighted by Gasteiger charge is 2.23. The number of benzene rings is 1. The number of hydrogen-bond donors (Lipinski definition) is 0. The summed E-state index contributed by atoms with van der Waals surface area (Å²) in [4.78, 5) is 16.8. The van der Waals surface area contributed by atoms with Crippen molar-refractivity contribution in [3.63, 3.8) is 0 Å². The van der Waals surface area contributed by atoms with Gasteiger partial charge >= 0.3 is 0 Å². The van der Waals surface area contributed by atoms with E-state index in [-0.39, 0.29) is 11.9 Å². The molecule has 0 radical (unpaired) electrons. The average Bonchev–Trinajstić information content (AvgIpc) is 2.91. The predicted molar refractivity (Wildman–Crippen MR) is 114 cm³/mol. The molecule has 1 aromatic carbocycles. The Hall–Kier alpha value is -1.57. The molecule has 1 amide bonds. The topological polar surface area (TPSA) is 54.3 Å². The molecule has 2 aromatic rings. The second-order valence-electron chi connectivity index (χ2n) is 7.38. The van der Waals surface area contributed by atoms with Gasteiger partial charge in [-0.1, -0.05) is 36.2 Å². The highest BCUT2D eigenvalue weighted by Crippen LogP contribution is 2.28. The molecule has 1 saturated heterocycles. The smallest absolute Gasteiger partial charge is 0.233 e. The van der Waals surface area contributed by atoms with Crippen molar-refractivity contribution >= 4 is 29.3 Å². The molecular formula is C20H28ClN5OS. The summed E-state index contributed by atoms with van der Waals surface area (Å²) in [5, 5.41) is 10.2. The first-order valence-corrected chi connectivity index (χ1v) is 11.1. The van der Waals surface area contributed by atoms with Crippen molar-refractivity contribution in [3.05, 3.63) is 35.1 Å². The average molecular weight is 422 g/mol. The van der Waals surface area contributed by atoms with Gasteiger partial charge in [0.1, 0.15) is 0 Å². The number of nitrogens with zero attached hydrogens (tertiary/aromatic N) is 5. The fourth-order valence-corrected chi connectivity index (χ4v) is 4.23. The molecule has 0 saturated carbocycles. The number of rotatable bonds is 6. The summed E-state index contributed by atoms with van der Waals surface area (Å²) in [5.41, 5.74) is 0.947.